The van der Waals surface area contributed by atoms with Crippen molar-refractivity contribution in [2.45, 2.75) is 26.5 Å². The summed E-state index contributed by atoms with van der Waals surface area (Å²) in [4.78, 5) is 25.6. The van der Waals surface area contributed by atoms with E-state index >= 15 is 0 Å². The molecule has 0 spiro atoms. The Hall–Kier alpha value is -1.88. The average Bonchev–Trinajstić information content (AvgIpc) is 2.76. The van der Waals surface area contributed by atoms with Crippen molar-refractivity contribution < 1.29 is 14.3 Å². The molecule has 113 valence electrons. The first-order valence-corrected chi connectivity index (χ1v) is 7.06. The maximum Gasteiger partial charge on any atom is 0.408 e. The zero-order valence-corrected chi connectivity index (χ0v) is 12.5. The molecule has 1 heterocycles. The van der Waals surface area contributed by atoms with Crippen molar-refractivity contribution in [1.29, 1.82) is 0 Å². The number of rotatable bonds is 5. The second kappa shape index (κ2) is 7.22. The van der Waals surface area contributed by atoms with Crippen LogP contribution in [-0.2, 0) is 16.1 Å². The van der Waals surface area contributed by atoms with Crippen LogP contribution in [0, 0.1) is 5.92 Å². The first kappa shape index (κ1) is 15.5. The Morgan fingerprint density at radius 1 is 1.33 bits per heavy atom. The number of ketones is 1. The van der Waals surface area contributed by atoms with Gasteiger partial charge in [-0.2, -0.15) is 0 Å². The van der Waals surface area contributed by atoms with Crippen molar-refractivity contribution in [2.75, 3.05) is 19.6 Å². The number of amides is 1. The first-order chi connectivity index (χ1) is 10.0. The van der Waals surface area contributed by atoms with Crippen molar-refractivity contribution in [1.82, 2.24) is 10.2 Å². The van der Waals surface area contributed by atoms with E-state index in [4.69, 9.17) is 4.74 Å². The molecule has 0 aliphatic carbocycles. The van der Waals surface area contributed by atoms with E-state index in [0.29, 0.717) is 13.1 Å². The van der Waals surface area contributed by atoms with Gasteiger partial charge in [0.05, 0.1) is 6.54 Å². The van der Waals surface area contributed by atoms with Crippen molar-refractivity contribution in [3.8, 4) is 0 Å². The summed E-state index contributed by atoms with van der Waals surface area (Å²) >= 11 is 0. The number of hydrogen-bond donors (Lipinski definition) is 1. The molecule has 1 atom stereocenters. The number of ether oxygens (including phenoxy) is 1. The number of carbonyl (C=O) groups excluding carboxylic acids is 2. The lowest BCUT2D eigenvalue weighted by atomic mass is 10.2. The molecule has 1 saturated heterocycles. The third-order valence-electron chi connectivity index (χ3n) is 3.25. The normalized spacial score (nSPS) is 19.0. The number of likely N-dealkylation sites (tertiary alicyclic amines) is 1. The highest BCUT2D eigenvalue weighted by atomic mass is 16.5. The standard InChI is InChI=1S/C16H21N2O3/c1-12(2)8-18-9-14(15(19)10-18)17-16(20)21-11-13-6-4-3-5-7-13/h3-7,14H,8-11H2,1-2H3,(H,17,20). The molecule has 2 rings (SSSR count). The molecule has 1 fully saturated rings. The maximum absolute atomic E-state index is 11.9. The van der Waals surface area contributed by atoms with Crippen LogP contribution in [0.2, 0.25) is 0 Å². The molecule has 1 aromatic carbocycles. The Morgan fingerprint density at radius 3 is 2.71 bits per heavy atom. The van der Waals surface area contributed by atoms with Gasteiger partial charge in [-0.25, -0.2) is 4.79 Å². The topological polar surface area (TPSA) is 58.6 Å². The van der Waals surface area contributed by atoms with Crippen LogP contribution >= 0.6 is 0 Å². The fourth-order valence-electron chi connectivity index (χ4n) is 2.36. The summed E-state index contributed by atoms with van der Waals surface area (Å²) in [7, 11) is 0. The molecular formula is C16H21N2O3. The van der Waals surface area contributed by atoms with Crippen LogP contribution in [0.5, 0.6) is 0 Å². The van der Waals surface area contributed by atoms with Crippen molar-refractivity contribution >= 4 is 11.9 Å². The lowest BCUT2D eigenvalue weighted by Crippen LogP contribution is -2.41. The number of carbonyl (C=O) groups is 2. The zero-order chi connectivity index (χ0) is 15.2. The lowest BCUT2D eigenvalue weighted by molar-refractivity contribution is -0.118. The van der Waals surface area contributed by atoms with E-state index in [2.05, 4.69) is 5.32 Å². The number of alkyl carbamates (subject to hydrolysis) is 1. The summed E-state index contributed by atoms with van der Waals surface area (Å²) in [6.07, 6.45) is -0.545. The fourth-order valence-corrected chi connectivity index (χ4v) is 2.36. The van der Waals surface area contributed by atoms with E-state index in [1.54, 1.807) is 0 Å². The average molecular weight is 289 g/mol. The molecule has 5 nitrogen and oxygen atoms in total. The van der Waals surface area contributed by atoms with Crippen LogP contribution in [-0.4, -0.2) is 42.5 Å². The Morgan fingerprint density at radius 2 is 2.05 bits per heavy atom. The maximum atomic E-state index is 11.9. The van der Waals surface area contributed by atoms with Gasteiger partial charge in [-0.15, -0.1) is 0 Å². The van der Waals surface area contributed by atoms with Crippen LogP contribution in [0.3, 0.4) is 0 Å². The van der Waals surface area contributed by atoms with E-state index < -0.39 is 12.1 Å². The number of nitrogens with zero attached hydrogens (tertiary/aromatic N) is 1. The molecule has 1 amide bonds. The molecule has 21 heavy (non-hydrogen) atoms. The van der Waals surface area contributed by atoms with Crippen LogP contribution in [0.15, 0.2) is 30.3 Å². The Bertz CT molecular complexity index is 488. The first-order valence-electron chi connectivity index (χ1n) is 7.06. The Kier molecular flexibility index (Phi) is 5.33. The Balaban J connectivity index is 1.76. The second-order valence-electron chi connectivity index (χ2n) is 5.60. The third kappa shape index (κ3) is 4.86. The lowest BCUT2D eigenvalue weighted by Gasteiger charge is -2.17. The van der Waals surface area contributed by atoms with Gasteiger partial charge in [-0.1, -0.05) is 44.2 Å². The summed E-state index contributed by atoms with van der Waals surface area (Å²) < 4.78 is 5.13. The summed E-state index contributed by atoms with van der Waals surface area (Å²) in [5.74, 6) is 1.28. The number of hydrogen-bond acceptors (Lipinski definition) is 4. The molecule has 1 N–H and O–H groups in total. The molecule has 0 aromatic heterocycles. The molecule has 0 saturated carbocycles. The quantitative estimate of drug-likeness (QED) is 0.897. The molecule has 1 aromatic rings. The van der Waals surface area contributed by atoms with Gasteiger partial charge in [0.15, 0.2) is 5.78 Å². The van der Waals surface area contributed by atoms with Crippen LogP contribution in [0.25, 0.3) is 0 Å². The highest BCUT2D eigenvalue weighted by Crippen LogP contribution is 2.10. The van der Waals surface area contributed by atoms with E-state index in [1.807, 2.05) is 49.1 Å². The monoisotopic (exact) mass is 289 g/mol. The van der Waals surface area contributed by atoms with Gasteiger partial charge in [0, 0.05) is 13.1 Å². The number of Topliss-reactive ketones (excluding diaryl/α,β-unsaturated/α-hetero) is 1. The smallest absolute Gasteiger partial charge is 0.408 e. The van der Waals surface area contributed by atoms with E-state index in [0.717, 1.165) is 12.1 Å². The van der Waals surface area contributed by atoms with Gasteiger partial charge in [-0.05, 0) is 11.5 Å². The van der Waals surface area contributed by atoms with Gasteiger partial charge >= 0.3 is 6.09 Å². The number of nitrogens with one attached hydrogen (secondary N) is 1. The molecule has 1 aliphatic rings. The predicted molar refractivity (Wildman–Crippen MR) is 79.6 cm³/mol. The highest BCUT2D eigenvalue weighted by Gasteiger charge is 2.32. The molecule has 0 bridgehead atoms. The van der Waals surface area contributed by atoms with Crippen LogP contribution < -0.4 is 5.32 Å². The minimum Gasteiger partial charge on any atom is -0.445 e. The fraction of sp³-hybridized carbons (Fsp3) is 0.438. The van der Waals surface area contributed by atoms with Crippen LogP contribution in [0.4, 0.5) is 4.79 Å². The van der Waals surface area contributed by atoms with Crippen molar-refractivity contribution in [2.24, 2.45) is 0 Å². The SMILES string of the molecule is C[C](C)CN1CC(=O)C(NC(=O)OCc2ccccc2)C1. The molecular weight excluding hydrogens is 268 g/mol. The summed E-state index contributed by atoms with van der Waals surface area (Å²) in [6.45, 7) is 5.97. The third-order valence-corrected chi connectivity index (χ3v) is 3.25. The van der Waals surface area contributed by atoms with Gasteiger partial charge in [0.1, 0.15) is 12.6 Å². The molecule has 5 heteroatoms. The van der Waals surface area contributed by atoms with Gasteiger partial charge in [-0.3, -0.25) is 9.69 Å². The van der Waals surface area contributed by atoms with E-state index in [9.17, 15) is 9.59 Å². The largest absolute Gasteiger partial charge is 0.445 e. The predicted octanol–water partition coefficient (Wildman–Crippen LogP) is 1.78. The van der Waals surface area contributed by atoms with Crippen LogP contribution in [0.1, 0.15) is 19.4 Å². The van der Waals surface area contributed by atoms with Gasteiger partial charge < -0.3 is 10.1 Å². The molecule has 1 aliphatic heterocycles. The Labute approximate surface area is 125 Å². The highest BCUT2D eigenvalue weighted by molar-refractivity contribution is 5.91. The van der Waals surface area contributed by atoms with Crippen molar-refractivity contribution in [3.63, 3.8) is 0 Å². The van der Waals surface area contributed by atoms with E-state index in [-0.39, 0.29) is 12.4 Å². The van der Waals surface area contributed by atoms with E-state index in [1.165, 1.54) is 5.92 Å². The van der Waals surface area contributed by atoms with Crippen molar-refractivity contribution in [3.05, 3.63) is 41.8 Å². The minimum atomic E-state index is -0.545. The second-order valence-corrected chi connectivity index (χ2v) is 5.60. The van der Waals surface area contributed by atoms with Gasteiger partial charge in [0.25, 0.3) is 0 Å². The van der Waals surface area contributed by atoms with Gasteiger partial charge in [0.2, 0.25) is 0 Å². The summed E-state index contributed by atoms with van der Waals surface area (Å²) in [5, 5.41) is 2.64. The molecule has 1 radical (unpaired) electrons. The summed E-state index contributed by atoms with van der Waals surface area (Å²) in [6, 6.07) is 8.98. The molecule has 1 unspecified atom stereocenters. The minimum absolute atomic E-state index is 0.0351. The number of benzene rings is 1. The summed E-state index contributed by atoms with van der Waals surface area (Å²) in [5.41, 5.74) is 0.920. The zero-order valence-electron chi connectivity index (χ0n) is 12.5.